The number of benzene rings is 1. The number of rotatable bonds is 6. The molecule has 1 fully saturated rings. The number of carbonyl (C=O) groups is 1. The van der Waals surface area contributed by atoms with Gasteiger partial charge in [0.1, 0.15) is 0 Å². The summed E-state index contributed by atoms with van der Waals surface area (Å²) in [7, 11) is 0. The highest BCUT2D eigenvalue weighted by molar-refractivity contribution is 6.17. The topological polar surface area (TPSA) is 32.3 Å². The van der Waals surface area contributed by atoms with E-state index in [9.17, 15) is 4.79 Å². The summed E-state index contributed by atoms with van der Waals surface area (Å²) in [6.45, 7) is 6.41. The molecule has 1 aliphatic heterocycles. The fourth-order valence-electron chi connectivity index (χ4n) is 2.58. The van der Waals surface area contributed by atoms with E-state index in [0.717, 1.165) is 18.7 Å². The van der Waals surface area contributed by atoms with Crippen LogP contribution in [0, 0.1) is 5.92 Å². The molecule has 0 aromatic heterocycles. The average molecular weight is 295 g/mol. The minimum Gasteiger partial charge on any atom is -0.352 e. The highest BCUT2D eigenvalue weighted by Crippen LogP contribution is 2.10. The van der Waals surface area contributed by atoms with Gasteiger partial charge in [-0.1, -0.05) is 19.1 Å². The van der Waals surface area contributed by atoms with Crippen LogP contribution >= 0.6 is 11.6 Å². The molecule has 1 heterocycles. The smallest absolute Gasteiger partial charge is 0.251 e. The predicted octanol–water partition coefficient (Wildman–Crippen LogP) is 2.89. The van der Waals surface area contributed by atoms with Gasteiger partial charge in [-0.2, -0.15) is 0 Å². The highest BCUT2D eigenvalue weighted by atomic mass is 35.5. The number of carbonyl (C=O) groups excluding carboxylic acids is 1. The van der Waals surface area contributed by atoms with Crippen molar-refractivity contribution in [3.05, 3.63) is 35.4 Å². The minimum atomic E-state index is -0.000561. The van der Waals surface area contributed by atoms with Crippen LogP contribution in [0.3, 0.4) is 0 Å². The monoisotopic (exact) mass is 294 g/mol. The third kappa shape index (κ3) is 4.50. The molecule has 0 spiro atoms. The lowest BCUT2D eigenvalue weighted by molar-refractivity contribution is 0.0945. The Morgan fingerprint density at radius 2 is 1.95 bits per heavy atom. The van der Waals surface area contributed by atoms with Gasteiger partial charge in [0.2, 0.25) is 0 Å². The minimum absolute atomic E-state index is 0.000561. The van der Waals surface area contributed by atoms with E-state index in [1.54, 1.807) is 0 Å². The second-order valence-electron chi connectivity index (χ2n) is 5.65. The van der Waals surface area contributed by atoms with Crippen molar-refractivity contribution in [2.75, 3.05) is 26.2 Å². The van der Waals surface area contributed by atoms with E-state index in [-0.39, 0.29) is 5.91 Å². The quantitative estimate of drug-likeness (QED) is 0.818. The Bertz CT molecular complexity index is 427. The van der Waals surface area contributed by atoms with E-state index < -0.39 is 0 Å². The van der Waals surface area contributed by atoms with E-state index in [2.05, 4.69) is 17.1 Å². The summed E-state index contributed by atoms with van der Waals surface area (Å²) in [4.78, 5) is 14.5. The molecule has 0 radical (unpaired) electrons. The Kier molecular flexibility index (Phi) is 5.86. The first kappa shape index (κ1) is 15.3. The molecule has 20 heavy (non-hydrogen) atoms. The van der Waals surface area contributed by atoms with Crippen LogP contribution in [0.1, 0.15) is 35.7 Å². The van der Waals surface area contributed by atoms with E-state index in [0.29, 0.717) is 17.4 Å². The number of hydrogen-bond acceptors (Lipinski definition) is 2. The third-order valence-electron chi connectivity index (χ3n) is 3.75. The van der Waals surface area contributed by atoms with Crippen LogP contribution in [0.2, 0.25) is 0 Å². The molecule has 0 bridgehead atoms. The maximum absolute atomic E-state index is 12.0. The standard InChI is InChI=1S/C16H23ClN2O/c1-13(12-19-8-2-3-9-19)11-18-16(20)15-6-4-14(10-17)5-7-15/h4-7,13H,2-3,8-12H2,1H3,(H,18,20). The van der Waals surface area contributed by atoms with Crippen LogP contribution in [0.15, 0.2) is 24.3 Å². The fourth-order valence-corrected chi connectivity index (χ4v) is 2.76. The first-order chi connectivity index (χ1) is 9.69. The second-order valence-corrected chi connectivity index (χ2v) is 5.92. The molecule has 1 atom stereocenters. The molecule has 2 rings (SSSR count). The molecule has 4 heteroatoms. The van der Waals surface area contributed by atoms with Gasteiger partial charge in [0.15, 0.2) is 0 Å². The van der Waals surface area contributed by atoms with Crippen molar-refractivity contribution in [1.29, 1.82) is 0 Å². The normalized spacial score (nSPS) is 17.1. The summed E-state index contributed by atoms with van der Waals surface area (Å²) in [6, 6.07) is 7.46. The van der Waals surface area contributed by atoms with E-state index in [4.69, 9.17) is 11.6 Å². The number of alkyl halides is 1. The number of amides is 1. The molecule has 3 nitrogen and oxygen atoms in total. The van der Waals surface area contributed by atoms with Crippen molar-refractivity contribution in [2.45, 2.75) is 25.6 Å². The summed E-state index contributed by atoms with van der Waals surface area (Å²) >= 11 is 5.74. The Morgan fingerprint density at radius 1 is 1.30 bits per heavy atom. The van der Waals surface area contributed by atoms with Crippen molar-refractivity contribution < 1.29 is 4.79 Å². The molecule has 0 aliphatic carbocycles. The van der Waals surface area contributed by atoms with Crippen LogP contribution in [0.4, 0.5) is 0 Å². The lowest BCUT2D eigenvalue weighted by Gasteiger charge is -2.20. The summed E-state index contributed by atoms with van der Waals surface area (Å²) in [5, 5.41) is 3.01. The van der Waals surface area contributed by atoms with Gasteiger partial charge >= 0.3 is 0 Å². The molecule has 0 saturated carbocycles. The number of likely N-dealkylation sites (tertiary alicyclic amines) is 1. The first-order valence-electron chi connectivity index (χ1n) is 7.34. The second kappa shape index (κ2) is 7.65. The molecule has 1 unspecified atom stereocenters. The predicted molar refractivity (Wildman–Crippen MR) is 83.2 cm³/mol. The van der Waals surface area contributed by atoms with Gasteiger partial charge in [-0.25, -0.2) is 0 Å². The van der Waals surface area contributed by atoms with Crippen molar-refractivity contribution in [2.24, 2.45) is 5.92 Å². The highest BCUT2D eigenvalue weighted by Gasteiger charge is 2.15. The molecular weight excluding hydrogens is 272 g/mol. The SMILES string of the molecule is CC(CNC(=O)c1ccc(CCl)cc1)CN1CCCC1. The van der Waals surface area contributed by atoms with E-state index in [1.807, 2.05) is 24.3 Å². The van der Waals surface area contributed by atoms with Crippen LogP contribution < -0.4 is 5.32 Å². The molecule has 1 aromatic carbocycles. The lowest BCUT2D eigenvalue weighted by Crippen LogP contribution is -2.34. The summed E-state index contributed by atoms with van der Waals surface area (Å²) in [6.07, 6.45) is 2.62. The molecule has 1 amide bonds. The number of nitrogens with zero attached hydrogens (tertiary/aromatic N) is 1. The van der Waals surface area contributed by atoms with Crippen LogP contribution in [0.25, 0.3) is 0 Å². The zero-order valence-electron chi connectivity index (χ0n) is 12.1. The summed E-state index contributed by atoms with van der Waals surface area (Å²) in [5.41, 5.74) is 1.73. The zero-order valence-corrected chi connectivity index (χ0v) is 12.8. The maximum Gasteiger partial charge on any atom is 0.251 e. The molecule has 110 valence electrons. The first-order valence-corrected chi connectivity index (χ1v) is 7.88. The summed E-state index contributed by atoms with van der Waals surface area (Å²) < 4.78 is 0. The lowest BCUT2D eigenvalue weighted by atomic mass is 10.1. The van der Waals surface area contributed by atoms with E-state index >= 15 is 0 Å². The number of nitrogens with one attached hydrogen (secondary N) is 1. The summed E-state index contributed by atoms with van der Waals surface area (Å²) in [5.74, 6) is 0.966. The van der Waals surface area contributed by atoms with Crippen LogP contribution in [-0.2, 0) is 5.88 Å². The van der Waals surface area contributed by atoms with Gasteiger partial charge < -0.3 is 10.2 Å². The van der Waals surface area contributed by atoms with Gasteiger partial charge in [0, 0.05) is 24.5 Å². The largest absolute Gasteiger partial charge is 0.352 e. The molecule has 1 aliphatic rings. The zero-order chi connectivity index (χ0) is 14.4. The van der Waals surface area contributed by atoms with Gasteiger partial charge in [0.05, 0.1) is 0 Å². The molecule has 1 saturated heterocycles. The van der Waals surface area contributed by atoms with Gasteiger partial charge in [-0.05, 0) is 49.5 Å². The third-order valence-corrected chi connectivity index (χ3v) is 4.06. The fraction of sp³-hybridized carbons (Fsp3) is 0.562. The Morgan fingerprint density at radius 3 is 2.55 bits per heavy atom. The Hall–Kier alpha value is -1.06. The van der Waals surface area contributed by atoms with Crippen molar-refractivity contribution in [3.63, 3.8) is 0 Å². The maximum atomic E-state index is 12.0. The molecule has 1 N–H and O–H groups in total. The van der Waals surface area contributed by atoms with Gasteiger partial charge in [-0.15, -0.1) is 11.6 Å². The van der Waals surface area contributed by atoms with Crippen molar-refractivity contribution in [1.82, 2.24) is 10.2 Å². The van der Waals surface area contributed by atoms with Crippen molar-refractivity contribution >= 4 is 17.5 Å². The van der Waals surface area contributed by atoms with Crippen molar-refractivity contribution in [3.8, 4) is 0 Å². The van der Waals surface area contributed by atoms with Crippen LogP contribution in [0.5, 0.6) is 0 Å². The number of halogens is 1. The Balaban J connectivity index is 1.75. The van der Waals surface area contributed by atoms with E-state index in [1.165, 1.54) is 25.9 Å². The van der Waals surface area contributed by atoms with Gasteiger partial charge in [0.25, 0.3) is 5.91 Å². The Labute approximate surface area is 126 Å². The average Bonchev–Trinajstić information content (AvgIpc) is 2.97. The molecule has 1 aromatic rings. The number of hydrogen-bond donors (Lipinski definition) is 1. The van der Waals surface area contributed by atoms with Gasteiger partial charge in [-0.3, -0.25) is 4.79 Å². The van der Waals surface area contributed by atoms with Crippen LogP contribution in [-0.4, -0.2) is 37.0 Å². The molecular formula is C16H23ClN2O.